The van der Waals surface area contributed by atoms with Gasteiger partial charge in [-0.3, -0.25) is 4.79 Å². The summed E-state index contributed by atoms with van der Waals surface area (Å²) in [4.78, 5) is 13.3. The second kappa shape index (κ2) is 4.98. The molecule has 0 spiro atoms. The van der Waals surface area contributed by atoms with Gasteiger partial charge in [-0.2, -0.15) is 0 Å². The lowest BCUT2D eigenvalue weighted by Crippen LogP contribution is -2.17. The van der Waals surface area contributed by atoms with Crippen LogP contribution >= 0.6 is 0 Å². The quantitative estimate of drug-likeness (QED) is 0.874. The zero-order chi connectivity index (χ0) is 14.3. The number of rotatable bonds is 3. The number of methoxy groups -OCH3 is 1. The van der Waals surface area contributed by atoms with Crippen molar-refractivity contribution in [3.63, 3.8) is 0 Å². The standard InChI is InChI=1S/C15H20N2O3/c1-17-6-5-11-13(17)4-3-10(14(11)20-2)12-7-9(8-16-12)15(18)19/h3-4,9,12,16H,5-8H2,1-2H3,(H,18,19). The third kappa shape index (κ3) is 2.02. The molecule has 5 heteroatoms. The van der Waals surface area contributed by atoms with Crippen molar-refractivity contribution < 1.29 is 14.6 Å². The van der Waals surface area contributed by atoms with Crippen molar-refractivity contribution in [2.24, 2.45) is 5.92 Å². The SMILES string of the molecule is COc1c(C2CC(C(=O)O)CN2)ccc2c1CCN2C. The van der Waals surface area contributed by atoms with E-state index in [0.29, 0.717) is 13.0 Å². The first-order valence-electron chi connectivity index (χ1n) is 6.99. The van der Waals surface area contributed by atoms with E-state index >= 15 is 0 Å². The number of nitrogens with zero attached hydrogens (tertiary/aromatic N) is 1. The lowest BCUT2D eigenvalue weighted by Gasteiger charge is -2.19. The molecule has 20 heavy (non-hydrogen) atoms. The predicted octanol–water partition coefficient (Wildman–Crippen LogP) is 1.42. The highest BCUT2D eigenvalue weighted by Gasteiger charge is 2.33. The van der Waals surface area contributed by atoms with Gasteiger partial charge >= 0.3 is 5.97 Å². The number of benzene rings is 1. The molecule has 1 fully saturated rings. The van der Waals surface area contributed by atoms with Crippen LogP contribution < -0.4 is 15.0 Å². The number of fused-ring (bicyclic) bond motifs is 1. The van der Waals surface area contributed by atoms with E-state index in [1.54, 1.807) is 7.11 Å². The normalized spacial score (nSPS) is 24.8. The van der Waals surface area contributed by atoms with E-state index in [2.05, 4.69) is 29.4 Å². The fourth-order valence-corrected chi connectivity index (χ4v) is 3.31. The first kappa shape index (κ1) is 13.2. The van der Waals surface area contributed by atoms with Gasteiger partial charge in [-0.15, -0.1) is 0 Å². The molecule has 0 bridgehead atoms. The van der Waals surface area contributed by atoms with Gasteiger partial charge in [0.1, 0.15) is 5.75 Å². The summed E-state index contributed by atoms with van der Waals surface area (Å²) in [7, 11) is 3.78. The smallest absolute Gasteiger partial charge is 0.307 e. The molecule has 108 valence electrons. The summed E-state index contributed by atoms with van der Waals surface area (Å²) in [5.41, 5.74) is 3.55. The molecule has 2 aliphatic rings. The lowest BCUT2D eigenvalue weighted by atomic mass is 9.96. The van der Waals surface area contributed by atoms with E-state index in [1.165, 1.54) is 11.3 Å². The van der Waals surface area contributed by atoms with Gasteiger partial charge in [0.25, 0.3) is 0 Å². The topological polar surface area (TPSA) is 61.8 Å². The molecule has 0 aromatic heterocycles. The second-order valence-electron chi connectivity index (χ2n) is 5.59. The Morgan fingerprint density at radius 1 is 1.50 bits per heavy atom. The highest BCUT2D eigenvalue weighted by molar-refractivity contribution is 5.71. The van der Waals surface area contributed by atoms with Crippen molar-refractivity contribution in [2.45, 2.75) is 18.9 Å². The van der Waals surface area contributed by atoms with Crippen LogP contribution in [0, 0.1) is 5.92 Å². The van der Waals surface area contributed by atoms with Crippen LogP contribution in [0.3, 0.4) is 0 Å². The van der Waals surface area contributed by atoms with E-state index in [1.807, 2.05) is 0 Å². The Labute approximate surface area is 118 Å². The molecule has 0 saturated carbocycles. The molecular weight excluding hydrogens is 256 g/mol. The van der Waals surface area contributed by atoms with Crippen molar-refractivity contribution in [1.82, 2.24) is 5.32 Å². The van der Waals surface area contributed by atoms with Crippen molar-refractivity contribution >= 4 is 11.7 Å². The summed E-state index contributed by atoms with van der Waals surface area (Å²) in [5.74, 6) is -0.101. The van der Waals surface area contributed by atoms with Gasteiger partial charge < -0.3 is 20.1 Å². The number of hydrogen-bond acceptors (Lipinski definition) is 4. The summed E-state index contributed by atoms with van der Waals surface area (Å²) >= 11 is 0. The molecule has 2 N–H and O–H groups in total. The van der Waals surface area contributed by atoms with Crippen LogP contribution in [0.15, 0.2) is 12.1 Å². The van der Waals surface area contributed by atoms with Crippen LogP contribution in [0.4, 0.5) is 5.69 Å². The number of anilines is 1. The van der Waals surface area contributed by atoms with Crippen molar-refractivity contribution in [3.8, 4) is 5.75 Å². The Hall–Kier alpha value is -1.75. The minimum Gasteiger partial charge on any atom is -0.496 e. The maximum atomic E-state index is 11.1. The van der Waals surface area contributed by atoms with E-state index < -0.39 is 5.97 Å². The summed E-state index contributed by atoms with van der Waals surface area (Å²) in [6.07, 6.45) is 1.61. The van der Waals surface area contributed by atoms with E-state index in [9.17, 15) is 4.79 Å². The van der Waals surface area contributed by atoms with Crippen LogP contribution in [0.25, 0.3) is 0 Å². The molecule has 2 atom stereocenters. The minimum atomic E-state index is -0.722. The zero-order valence-corrected chi connectivity index (χ0v) is 11.8. The number of carboxylic acids is 1. The molecule has 2 heterocycles. The molecule has 1 saturated heterocycles. The number of aliphatic carboxylic acids is 1. The average Bonchev–Trinajstić information content (AvgIpc) is 3.05. The Kier molecular flexibility index (Phi) is 3.30. The summed E-state index contributed by atoms with van der Waals surface area (Å²) in [5, 5.41) is 12.4. The molecule has 0 aliphatic carbocycles. The van der Waals surface area contributed by atoms with Gasteiger partial charge in [0.05, 0.1) is 13.0 Å². The summed E-state index contributed by atoms with van der Waals surface area (Å²) < 4.78 is 5.63. The molecule has 3 rings (SSSR count). The number of carboxylic acid groups (broad SMARTS) is 1. The zero-order valence-electron chi connectivity index (χ0n) is 11.8. The van der Waals surface area contributed by atoms with Gasteiger partial charge in [0, 0.05) is 43.0 Å². The Morgan fingerprint density at radius 3 is 2.95 bits per heavy atom. The minimum absolute atomic E-state index is 0.0715. The first-order valence-corrected chi connectivity index (χ1v) is 6.99. The maximum absolute atomic E-state index is 11.1. The highest BCUT2D eigenvalue weighted by Crippen LogP contribution is 2.41. The molecule has 0 radical (unpaired) electrons. The maximum Gasteiger partial charge on any atom is 0.307 e. The molecule has 2 unspecified atom stereocenters. The fraction of sp³-hybridized carbons (Fsp3) is 0.533. The number of hydrogen-bond donors (Lipinski definition) is 2. The van der Waals surface area contributed by atoms with Crippen LogP contribution in [-0.2, 0) is 11.2 Å². The van der Waals surface area contributed by atoms with Crippen molar-refractivity contribution in [1.29, 1.82) is 0 Å². The van der Waals surface area contributed by atoms with Crippen molar-refractivity contribution in [2.75, 3.05) is 32.1 Å². The van der Waals surface area contributed by atoms with Gasteiger partial charge in [-0.1, -0.05) is 6.07 Å². The monoisotopic (exact) mass is 276 g/mol. The molecule has 1 aromatic carbocycles. The number of nitrogens with one attached hydrogen (secondary N) is 1. The van der Waals surface area contributed by atoms with Crippen LogP contribution in [-0.4, -0.2) is 38.3 Å². The van der Waals surface area contributed by atoms with E-state index in [4.69, 9.17) is 9.84 Å². The van der Waals surface area contributed by atoms with E-state index in [0.717, 1.165) is 24.3 Å². The molecular formula is C15H20N2O3. The Morgan fingerprint density at radius 2 is 2.30 bits per heavy atom. The Bertz CT molecular complexity index is 544. The largest absolute Gasteiger partial charge is 0.496 e. The summed E-state index contributed by atoms with van der Waals surface area (Å²) in [6, 6.07) is 4.26. The van der Waals surface area contributed by atoms with Crippen LogP contribution in [0.2, 0.25) is 0 Å². The number of carbonyl (C=O) groups is 1. The van der Waals surface area contributed by atoms with Crippen molar-refractivity contribution in [3.05, 3.63) is 23.3 Å². The van der Waals surface area contributed by atoms with Crippen LogP contribution in [0.1, 0.15) is 23.6 Å². The molecule has 5 nitrogen and oxygen atoms in total. The second-order valence-corrected chi connectivity index (χ2v) is 5.59. The average molecular weight is 276 g/mol. The number of ether oxygens (including phenoxy) is 1. The first-order chi connectivity index (χ1) is 9.61. The predicted molar refractivity (Wildman–Crippen MR) is 76.5 cm³/mol. The summed E-state index contributed by atoms with van der Waals surface area (Å²) in [6.45, 7) is 1.53. The third-order valence-corrected chi connectivity index (χ3v) is 4.43. The van der Waals surface area contributed by atoms with Gasteiger partial charge in [0.15, 0.2) is 0 Å². The van der Waals surface area contributed by atoms with E-state index in [-0.39, 0.29) is 12.0 Å². The van der Waals surface area contributed by atoms with Gasteiger partial charge in [0.2, 0.25) is 0 Å². The fourth-order valence-electron chi connectivity index (χ4n) is 3.31. The molecule has 0 amide bonds. The highest BCUT2D eigenvalue weighted by atomic mass is 16.5. The molecule has 1 aromatic rings. The Balaban J connectivity index is 1.93. The van der Waals surface area contributed by atoms with Gasteiger partial charge in [-0.05, 0) is 18.9 Å². The molecule has 2 aliphatic heterocycles. The number of likely N-dealkylation sites (N-methyl/N-ethyl adjacent to an activating group) is 1. The lowest BCUT2D eigenvalue weighted by molar-refractivity contribution is -0.141. The van der Waals surface area contributed by atoms with Gasteiger partial charge in [-0.25, -0.2) is 0 Å². The van der Waals surface area contributed by atoms with Crippen LogP contribution in [0.5, 0.6) is 5.75 Å². The third-order valence-electron chi connectivity index (χ3n) is 4.43.